The Morgan fingerprint density at radius 1 is 1.05 bits per heavy atom. The maximum atomic E-state index is 12.7. The Morgan fingerprint density at radius 3 is 2.27 bits per heavy atom. The molecule has 0 spiro atoms. The van der Waals surface area contributed by atoms with E-state index in [1.165, 1.54) is 6.92 Å². The number of benzene rings is 2. The second-order valence-electron chi connectivity index (χ2n) is 5.64. The molecule has 0 radical (unpaired) electrons. The molecule has 3 nitrogen and oxygen atoms in total. The lowest BCUT2D eigenvalue weighted by Crippen LogP contribution is -2.28. The molecule has 0 aliphatic heterocycles. The van der Waals surface area contributed by atoms with Crippen LogP contribution in [0, 0.1) is 0 Å². The van der Waals surface area contributed by atoms with Gasteiger partial charge in [-0.2, -0.15) is 0 Å². The Bertz CT molecular complexity index is 733. The van der Waals surface area contributed by atoms with Gasteiger partial charge in [-0.25, -0.2) is 0 Å². The van der Waals surface area contributed by atoms with Crippen LogP contribution in [0.2, 0.25) is 0 Å². The first-order valence-corrected chi connectivity index (χ1v) is 8.00. The monoisotopic (exact) mass is 357 g/mol. The largest absolute Gasteiger partial charge is 0.325 e. The number of nitrogens with one attached hydrogen (secondary N) is 1. The normalized spacial score (nSPS) is 15.2. The molecule has 3 rings (SSSR count). The van der Waals surface area contributed by atoms with Crippen molar-refractivity contribution in [3.63, 3.8) is 0 Å². The Balaban J connectivity index is 1.86. The third kappa shape index (κ3) is 2.71. The van der Waals surface area contributed by atoms with Gasteiger partial charge in [0.15, 0.2) is 5.78 Å². The number of hydrogen-bond donors (Lipinski definition) is 1. The molecule has 0 atom stereocenters. The summed E-state index contributed by atoms with van der Waals surface area (Å²) in [5, 5.41) is 2.94. The first-order chi connectivity index (χ1) is 10.5. The van der Waals surface area contributed by atoms with Crippen molar-refractivity contribution in [1.82, 2.24) is 0 Å². The Labute approximate surface area is 137 Å². The van der Waals surface area contributed by atoms with E-state index in [9.17, 15) is 9.59 Å². The maximum absolute atomic E-state index is 12.7. The van der Waals surface area contributed by atoms with Crippen LogP contribution in [0.1, 0.15) is 35.7 Å². The summed E-state index contributed by atoms with van der Waals surface area (Å²) < 4.78 is 0.995. The lowest BCUT2D eigenvalue weighted by molar-refractivity contribution is -0.118. The number of carbonyl (C=O) groups excluding carboxylic acids is 2. The molecule has 1 N–H and O–H groups in total. The zero-order valence-electron chi connectivity index (χ0n) is 12.2. The zero-order valence-corrected chi connectivity index (χ0v) is 13.8. The third-order valence-corrected chi connectivity index (χ3v) is 4.66. The molecule has 2 aromatic carbocycles. The Morgan fingerprint density at radius 2 is 1.68 bits per heavy atom. The molecule has 4 heteroatoms. The quantitative estimate of drug-likeness (QED) is 0.828. The second-order valence-corrected chi connectivity index (χ2v) is 6.56. The fraction of sp³-hybridized carbons (Fsp3) is 0.222. The van der Waals surface area contributed by atoms with E-state index in [2.05, 4.69) is 21.2 Å². The van der Waals surface area contributed by atoms with Crippen LogP contribution in [-0.2, 0) is 10.2 Å². The van der Waals surface area contributed by atoms with Gasteiger partial charge in [0.05, 0.1) is 11.1 Å². The number of Topliss-reactive ketones (excluding diaryl/α,β-unsaturated/α-hetero) is 1. The van der Waals surface area contributed by atoms with Gasteiger partial charge in [-0.1, -0.05) is 40.2 Å². The van der Waals surface area contributed by atoms with Crippen molar-refractivity contribution in [1.29, 1.82) is 0 Å². The first-order valence-electron chi connectivity index (χ1n) is 7.20. The highest BCUT2D eigenvalue weighted by atomic mass is 79.9. The van der Waals surface area contributed by atoms with E-state index >= 15 is 0 Å². The lowest BCUT2D eigenvalue weighted by Gasteiger charge is -2.17. The van der Waals surface area contributed by atoms with E-state index in [0.717, 1.165) is 22.9 Å². The fourth-order valence-corrected chi connectivity index (χ4v) is 2.95. The minimum Gasteiger partial charge on any atom is -0.325 e. The summed E-state index contributed by atoms with van der Waals surface area (Å²) in [7, 11) is 0. The van der Waals surface area contributed by atoms with Crippen LogP contribution in [-0.4, -0.2) is 11.7 Å². The molecule has 0 saturated heterocycles. The van der Waals surface area contributed by atoms with E-state index in [4.69, 9.17) is 0 Å². The molecule has 0 unspecified atom stereocenters. The SMILES string of the molecule is CC(=O)c1ccccc1NC(=O)C1(c2ccc(Br)cc2)CC1. The number of ketones is 1. The van der Waals surface area contributed by atoms with E-state index in [1.54, 1.807) is 18.2 Å². The van der Waals surface area contributed by atoms with Crippen molar-refractivity contribution in [3.8, 4) is 0 Å². The van der Waals surface area contributed by atoms with Gasteiger partial charge in [0.25, 0.3) is 0 Å². The third-order valence-electron chi connectivity index (χ3n) is 4.14. The number of halogens is 1. The minimum atomic E-state index is -0.454. The number of para-hydroxylation sites is 1. The number of anilines is 1. The van der Waals surface area contributed by atoms with Crippen molar-refractivity contribution in [2.75, 3.05) is 5.32 Å². The summed E-state index contributed by atoms with van der Waals surface area (Å²) >= 11 is 3.41. The molecule has 1 fully saturated rings. The first kappa shape index (κ1) is 15.0. The van der Waals surface area contributed by atoms with Crippen LogP contribution < -0.4 is 5.32 Å². The Hall–Kier alpha value is -1.94. The van der Waals surface area contributed by atoms with E-state index < -0.39 is 5.41 Å². The molecule has 1 aliphatic carbocycles. The van der Waals surface area contributed by atoms with Crippen LogP contribution in [0.5, 0.6) is 0 Å². The highest BCUT2D eigenvalue weighted by molar-refractivity contribution is 9.10. The van der Waals surface area contributed by atoms with Crippen molar-refractivity contribution >= 4 is 33.3 Å². The van der Waals surface area contributed by atoms with Gasteiger partial charge in [0.1, 0.15) is 0 Å². The second kappa shape index (κ2) is 5.69. The van der Waals surface area contributed by atoms with Crippen LogP contribution in [0.4, 0.5) is 5.69 Å². The van der Waals surface area contributed by atoms with E-state index in [-0.39, 0.29) is 11.7 Å². The number of amides is 1. The van der Waals surface area contributed by atoms with Gasteiger partial charge in [-0.05, 0) is 49.6 Å². The molecule has 0 heterocycles. The summed E-state index contributed by atoms with van der Waals surface area (Å²) in [6.07, 6.45) is 1.67. The van der Waals surface area contributed by atoms with Gasteiger partial charge in [-0.3, -0.25) is 9.59 Å². The highest BCUT2D eigenvalue weighted by Crippen LogP contribution is 2.49. The minimum absolute atomic E-state index is 0.0384. The molecule has 2 aromatic rings. The average molecular weight is 358 g/mol. The van der Waals surface area contributed by atoms with E-state index in [0.29, 0.717) is 11.3 Å². The fourth-order valence-electron chi connectivity index (χ4n) is 2.68. The van der Waals surface area contributed by atoms with Gasteiger partial charge >= 0.3 is 0 Å². The molecular formula is C18H16BrNO2. The number of rotatable bonds is 4. The molecule has 112 valence electrons. The van der Waals surface area contributed by atoms with Gasteiger partial charge < -0.3 is 5.32 Å². The predicted octanol–water partition coefficient (Wildman–Crippen LogP) is 4.32. The summed E-state index contributed by atoms with van der Waals surface area (Å²) in [6, 6.07) is 15.0. The molecule has 0 bridgehead atoms. The van der Waals surface area contributed by atoms with Crippen LogP contribution in [0.15, 0.2) is 53.0 Å². The Kier molecular flexibility index (Phi) is 3.87. The van der Waals surface area contributed by atoms with Crippen LogP contribution in [0.3, 0.4) is 0 Å². The van der Waals surface area contributed by atoms with Gasteiger partial charge in [-0.15, -0.1) is 0 Å². The summed E-state index contributed by atoms with van der Waals surface area (Å²) in [6.45, 7) is 1.51. The smallest absolute Gasteiger partial charge is 0.235 e. The molecule has 0 aromatic heterocycles. The molecule has 1 amide bonds. The van der Waals surface area contributed by atoms with Gasteiger partial charge in [0.2, 0.25) is 5.91 Å². The van der Waals surface area contributed by atoms with E-state index in [1.807, 2.05) is 30.3 Å². The summed E-state index contributed by atoms with van der Waals surface area (Å²) in [5.74, 6) is -0.0899. The number of carbonyl (C=O) groups is 2. The zero-order chi connectivity index (χ0) is 15.7. The molecule has 22 heavy (non-hydrogen) atoms. The summed E-state index contributed by atoms with van der Waals surface area (Å²) in [5.41, 5.74) is 1.70. The van der Waals surface area contributed by atoms with Gasteiger partial charge in [0, 0.05) is 10.0 Å². The topological polar surface area (TPSA) is 46.2 Å². The molecular weight excluding hydrogens is 342 g/mol. The average Bonchev–Trinajstić information content (AvgIpc) is 3.30. The molecule has 1 aliphatic rings. The maximum Gasteiger partial charge on any atom is 0.235 e. The van der Waals surface area contributed by atoms with Crippen molar-refractivity contribution in [2.24, 2.45) is 0 Å². The van der Waals surface area contributed by atoms with Crippen molar-refractivity contribution < 1.29 is 9.59 Å². The number of hydrogen-bond acceptors (Lipinski definition) is 2. The van der Waals surface area contributed by atoms with Crippen molar-refractivity contribution in [3.05, 3.63) is 64.1 Å². The lowest BCUT2D eigenvalue weighted by atomic mass is 9.94. The summed E-state index contributed by atoms with van der Waals surface area (Å²) in [4.78, 5) is 24.4. The van der Waals surface area contributed by atoms with Crippen LogP contribution >= 0.6 is 15.9 Å². The van der Waals surface area contributed by atoms with Crippen molar-refractivity contribution in [2.45, 2.75) is 25.2 Å². The highest BCUT2D eigenvalue weighted by Gasteiger charge is 2.51. The standard InChI is InChI=1S/C18H16BrNO2/c1-12(21)15-4-2-3-5-16(15)20-17(22)18(10-11-18)13-6-8-14(19)9-7-13/h2-9H,10-11H2,1H3,(H,20,22). The molecule has 1 saturated carbocycles. The van der Waals surface area contributed by atoms with Crippen LogP contribution in [0.25, 0.3) is 0 Å². The predicted molar refractivity (Wildman–Crippen MR) is 90.1 cm³/mol.